The highest BCUT2D eigenvalue weighted by Crippen LogP contribution is 2.31. The van der Waals surface area contributed by atoms with Gasteiger partial charge in [0.15, 0.2) is 5.11 Å². The Labute approximate surface area is 160 Å². The Kier molecular flexibility index (Phi) is 5.82. The summed E-state index contributed by atoms with van der Waals surface area (Å²) in [6.45, 7) is 6.15. The van der Waals surface area contributed by atoms with Crippen molar-refractivity contribution in [3.8, 4) is 0 Å². The van der Waals surface area contributed by atoms with Crippen LogP contribution in [0.3, 0.4) is 0 Å². The van der Waals surface area contributed by atoms with Gasteiger partial charge in [-0.2, -0.15) is 0 Å². The summed E-state index contributed by atoms with van der Waals surface area (Å²) >= 11 is 11.5. The highest BCUT2D eigenvalue weighted by molar-refractivity contribution is 7.80. The van der Waals surface area contributed by atoms with Crippen molar-refractivity contribution in [2.75, 3.05) is 23.3 Å². The van der Waals surface area contributed by atoms with Crippen LogP contribution in [0.4, 0.5) is 11.4 Å². The fraction of sp³-hybridized carbons (Fsp3) is 0.350. The van der Waals surface area contributed by atoms with E-state index in [1.54, 1.807) is 0 Å². The van der Waals surface area contributed by atoms with Gasteiger partial charge in [0.05, 0.1) is 0 Å². The first-order valence-corrected chi connectivity index (χ1v) is 9.49. The fourth-order valence-electron chi connectivity index (χ4n) is 3.27. The summed E-state index contributed by atoms with van der Waals surface area (Å²) in [5.74, 6) is 0. The number of fused-ring (bicyclic) bond motifs is 1. The van der Waals surface area contributed by atoms with E-state index < -0.39 is 0 Å². The summed E-state index contributed by atoms with van der Waals surface area (Å²) in [6.07, 6.45) is 2.17. The van der Waals surface area contributed by atoms with E-state index in [9.17, 15) is 0 Å². The molecule has 0 amide bonds. The van der Waals surface area contributed by atoms with Gasteiger partial charge in [0.25, 0.3) is 0 Å². The lowest BCUT2D eigenvalue weighted by Crippen LogP contribution is -2.34. The molecule has 0 spiro atoms. The molecule has 2 aromatic rings. The molecule has 2 N–H and O–H groups in total. The van der Waals surface area contributed by atoms with Crippen LogP contribution in [0, 0.1) is 6.92 Å². The summed E-state index contributed by atoms with van der Waals surface area (Å²) in [5.41, 5.74) is 4.81. The summed E-state index contributed by atoms with van der Waals surface area (Å²) in [7, 11) is 0. The highest BCUT2D eigenvalue weighted by Gasteiger charge is 2.24. The number of benzene rings is 2. The Morgan fingerprint density at radius 1 is 1.28 bits per heavy atom. The van der Waals surface area contributed by atoms with Gasteiger partial charge in [-0.3, -0.25) is 0 Å². The minimum absolute atomic E-state index is 0.567. The van der Waals surface area contributed by atoms with Gasteiger partial charge in [-0.25, -0.2) is 0 Å². The zero-order valence-electron chi connectivity index (χ0n) is 14.7. The number of aryl methyl sites for hydroxylation is 1. The van der Waals surface area contributed by atoms with Crippen molar-refractivity contribution >= 4 is 40.3 Å². The van der Waals surface area contributed by atoms with Gasteiger partial charge in [0.2, 0.25) is 0 Å². The van der Waals surface area contributed by atoms with E-state index in [4.69, 9.17) is 23.8 Å². The van der Waals surface area contributed by atoms with Crippen molar-refractivity contribution < 1.29 is 0 Å². The van der Waals surface area contributed by atoms with Gasteiger partial charge < -0.3 is 15.5 Å². The van der Waals surface area contributed by atoms with Crippen molar-refractivity contribution in [1.82, 2.24) is 5.32 Å². The second-order valence-electron chi connectivity index (χ2n) is 6.57. The molecule has 5 heteroatoms. The molecule has 0 aromatic heterocycles. The van der Waals surface area contributed by atoms with Crippen LogP contribution in [0.15, 0.2) is 42.5 Å². The van der Waals surface area contributed by atoms with Crippen molar-refractivity contribution in [1.29, 1.82) is 0 Å². The number of para-hydroxylation sites is 1. The van der Waals surface area contributed by atoms with Gasteiger partial charge in [-0.15, -0.1) is 0 Å². The largest absolute Gasteiger partial charge is 0.368 e. The molecule has 0 aliphatic carbocycles. The molecule has 1 aliphatic rings. The maximum Gasteiger partial charge on any atom is 0.170 e. The third-order valence-corrected chi connectivity index (χ3v) is 5.29. The lowest BCUT2D eigenvalue weighted by molar-refractivity contribution is 0.641. The van der Waals surface area contributed by atoms with Crippen LogP contribution in [0.5, 0.6) is 0 Å². The Morgan fingerprint density at radius 3 is 2.88 bits per heavy atom. The Bertz CT molecular complexity index is 762. The fourth-order valence-corrected chi connectivity index (χ4v) is 3.67. The molecule has 1 heterocycles. The first-order valence-electron chi connectivity index (χ1n) is 8.70. The SMILES string of the molecule is Cc1ccc(NC(=S)NCCCN2c3ccccc3CC2C)cc1Cl. The van der Waals surface area contributed by atoms with E-state index >= 15 is 0 Å². The van der Waals surface area contributed by atoms with Crippen molar-refractivity contribution in [2.45, 2.75) is 32.7 Å². The summed E-state index contributed by atoms with van der Waals surface area (Å²) in [6, 6.07) is 15.1. The average molecular weight is 374 g/mol. The summed E-state index contributed by atoms with van der Waals surface area (Å²) in [4.78, 5) is 2.49. The smallest absolute Gasteiger partial charge is 0.170 e. The van der Waals surface area contributed by atoms with Crippen molar-refractivity contribution in [2.24, 2.45) is 0 Å². The molecule has 3 nitrogen and oxygen atoms in total. The van der Waals surface area contributed by atoms with Gasteiger partial charge in [0.1, 0.15) is 0 Å². The topological polar surface area (TPSA) is 27.3 Å². The number of halogens is 1. The molecule has 1 aliphatic heterocycles. The average Bonchev–Trinajstić information content (AvgIpc) is 2.90. The van der Waals surface area contributed by atoms with Crippen LogP contribution >= 0.6 is 23.8 Å². The molecular weight excluding hydrogens is 350 g/mol. The number of nitrogens with one attached hydrogen (secondary N) is 2. The number of hydrogen-bond donors (Lipinski definition) is 2. The minimum Gasteiger partial charge on any atom is -0.368 e. The van der Waals surface area contributed by atoms with E-state index in [0.29, 0.717) is 11.2 Å². The van der Waals surface area contributed by atoms with Gasteiger partial charge in [-0.05, 0) is 68.2 Å². The summed E-state index contributed by atoms with van der Waals surface area (Å²) in [5, 5.41) is 7.84. The molecular formula is C20H24ClN3S. The van der Waals surface area contributed by atoms with Crippen LogP contribution in [0.1, 0.15) is 24.5 Å². The van der Waals surface area contributed by atoms with Crippen LogP contribution in [-0.2, 0) is 6.42 Å². The molecule has 0 radical (unpaired) electrons. The first kappa shape index (κ1) is 18.0. The molecule has 3 rings (SSSR count). The molecule has 0 saturated carbocycles. The maximum absolute atomic E-state index is 6.14. The Morgan fingerprint density at radius 2 is 2.08 bits per heavy atom. The lowest BCUT2D eigenvalue weighted by atomic mass is 10.1. The monoisotopic (exact) mass is 373 g/mol. The van der Waals surface area contributed by atoms with Crippen LogP contribution < -0.4 is 15.5 Å². The number of hydrogen-bond acceptors (Lipinski definition) is 2. The maximum atomic E-state index is 6.14. The van der Waals surface area contributed by atoms with Crippen molar-refractivity contribution in [3.05, 3.63) is 58.6 Å². The van der Waals surface area contributed by atoms with E-state index in [2.05, 4.69) is 46.7 Å². The molecule has 1 unspecified atom stereocenters. The third-order valence-electron chi connectivity index (χ3n) is 4.64. The summed E-state index contributed by atoms with van der Waals surface area (Å²) < 4.78 is 0. The van der Waals surface area contributed by atoms with E-state index in [-0.39, 0.29) is 0 Å². The van der Waals surface area contributed by atoms with E-state index in [1.165, 1.54) is 11.3 Å². The van der Waals surface area contributed by atoms with Crippen LogP contribution in [0.25, 0.3) is 0 Å². The Hall–Kier alpha value is -1.78. The molecule has 0 saturated heterocycles. The van der Waals surface area contributed by atoms with Crippen molar-refractivity contribution in [3.63, 3.8) is 0 Å². The Balaban J connectivity index is 1.44. The minimum atomic E-state index is 0.567. The second kappa shape index (κ2) is 8.07. The van der Waals surface area contributed by atoms with Gasteiger partial charge in [0, 0.05) is 35.5 Å². The predicted octanol–water partition coefficient (Wildman–Crippen LogP) is 4.78. The first-order chi connectivity index (χ1) is 12.0. The quantitative estimate of drug-likeness (QED) is 0.582. The number of rotatable bonds is 5. The normalized spacial score (nSPS) is 15.8. The zero-order valence-corrected chi connectivity index (χ0v) is 16.3. The number of nitrogens with zero attached hydrogens (tertiary/aromatic N) is 1. The van der Waals surface area contributed by atoms with E-state index in [1.807, 2.05) is 25.1 Å². The molecule has 0 bridgehead atoms. The molecule has 0 fully saturated rings. The molecule has 1 atom stereocenters. The lowest BCUT2D eigenvalue weighted by Gasteiger charge is -2.25. The third kappa shape index (κ3) is 4.44. The van der Waals surface area contributed by atoms with E-state index in [0.717, 1.165) is 42.2 Å². The van der Waals surface area contributed by atoms with Gasteiger partial charge in [-0.1, -0.05) is 35.9 Å². The highest BCUT2D eigenvalue weighted by atomic mass is 35.5. The standard InChI is InChI=1S/C20H24ClN3S/c1-14-8-9-17(13-18(14)21)23-20(25)22-10-5-11-24-15(2)12-16-6-3-4-7-19(16)24/h3-4,6-9,13,15H,5,10-12H2,1-2H3,(H2,22,23,25). The number of anilines is 2. The van der Waals surface area contributed by atoms with Gasteiger partial charge >= 0.3 is 0 Å². The second-order valence-corrected chi connectivity index (χ2v) is 7.39. The molecule has 25 heavy (non-hydrogen) atoms. The molecule has 132 valence electrons. The zero-order chi connectivity index (χ0) is 17.8. The van der Waals surface area contributed by atoms with Crippen LogP contribution in [0.2, 0.25) is 5.02 Å². The number of thiocarbonyl (C=S) groups is 1. The predicted molar refractivity (Wildman–Crippen MR) is 112 cm³/mol. The molecule has 2 aromatic carbocycles. The van der Waals surface area contributed by atoms with Crippen LogP contribution in [-0.4, -0.2) is 24.2 Å².